The molecule has 0 aliphatic heterocycles. The van der Waals surface area contributed by atoms with Crippen LogP contribution in [0.4, 0.5) is 13.2 Å². The molecule has 1 aromatic heterocycles. The molecule has 1 aromatic carbocycles. The highest BCUT2D eigenvalue weighted by Gasteiger charge is 2.35. The SMILES string of the molecule is OC(Cc1ccccc1Br)c1cnccc1C(F)(F)F. The van der Waals surface area contributed by atoms with Crippen LogP contribution in [0.5, 0.6) is 0 Å². The molecule has 0 radical (unpaired) electrons. The van der Waals surface area contributed by atoms with Gasteiger partial charge in [-0.3, -0.25) is 4.98 Å². The Morgan fingerprint density at radius 1 is 1.20 bits per heavy atom. The summed E-state index contributed by atoms with van der Waals surface area (Å²) < 4.78 is 39.4. The quantitative estimate of drug-likeness (QED) is 0.906. The fourth-order valence-electron chi connectivity index (χ4n) is 1.91. The average Bonchev–Trinajstić information content (AvgIpc) is 2.40. The van der Waals surface area contributed by atoms with Crippen molar-refractivity contribution in [1.82, 2.24) is 4.98 Å². The minimum Gasteiger partial charge on any atom is -0.388 e. The Kier molecular flexibility index (Phi) is 4.45. The first-order valence-corrected chi connectivity index (χ1v) is 6.61. The second kappa shape index (κ2) is 5.93. The van der Waals surface area contributed by atoms with E-state index in [-0.39, 0.29) is 12.0 Å². The van der Waals surface area contributed by atoms with E-state index in [0.29, 0.717) is 0 Å². The number of benzene rings is 1. The summed E-state index contributed by atoms with van der Waals surface area (Å²) in [5.74, 6) is 0. The van der Waals surface area contributed by atoms with Crippen LogP contribution in [0.25, 0.3) is 0 Å². The standard InChI is InChI=1S/C14H11BrF3NO/c15-12-4-2-1-3-9(12)7-13(20)10-8-19-6-5-11(10)14(16,17)18/h1-6,8,13,20H,7H2. The summed E-state index contributed by atoms with van der Waals surface area (Å²) >= 11 is 3.31. The summed E-state index contributed by atoms with van der Waals surface area (Å²) in [4.78, 5) is 3.67. The fraction of sp³-hybridized carbons (Fsp3) is 0.214. The van der Waals surface area contributed by atoms with Gasteiger partial charge in [-0.05, 0) is 17.7 Å². The maximum absolute atomic E-state index is 12.9. The molecule has 0 aliphatic carbocycles. The van der Waals surface area contributed by atoms with E-state index in [9.17, 15) is 18.3 Å². The number of aliphatic hydroxyl groups excluding tert-OH is 1. The van der Waals surface area contributed by atoms with Crippen LogP contribution >= 0.6 is 15.9 Å². The van der Waals surface area contributed by atoms with Gasteiger partial charge in [0.15, 0.2) is 0 Å². The highest BCUT2D eigenvalue weighted by atomic mass is 79.9. The largest absolute Gasteiger partial charge is 0.416 e. The molecule has 2 aromatic rings. The van der Waals surface area contributed by atoms with Gasteiger partial charge in [0.25, 0.3) is 0 Å². The van der Waals surface area contributed by atoms with Crippen molar-refractivity contribution >= 4 is 15.9 Å². The number of aliphatic hydroxyl groups is 1. The zero-order chi connectivity index (χ0) is 14.8. The van der Waals surface area contributed by atoms with Crippen LogP contribution in [0.1, 0.15) is 22.8 Å². The lowest BCUT2D eigenvalue weighted by molar-refractivity contribution is -0.139. The fourth-order valence-corrected chi connectivity index (χ4v) is 2.36. The van der Waals surface area contributed by atoms with Gasteiger partial charge in [0.05, 0.1) is 11.7 Å². The molecular weight excluding hydrogens is 335 g/mol. The Bertz CT molecular complexity index is 601. The van der Waals surface area contributed by atoms with Crippen LogP contribution in [0, 0.1) is 0 Å². The van der Waals surface area contributed by atoms with Gasteiger partial charge in [-0.1, -0.05) is 34.1 Å². The third-order valence-electron chi connectivity index (χ3n) is 2.89. The number of nitrogens with zero attached hydrogens (tertiary/aromatic N) is 1. The molecule has 20 heavy (non-hydrogen) atoms. The molecule has 1 heterocycles. The van der Waals surface area contributed by atoms with E-state index in [4.69, 9.17) is 0 Å². The van der Waals surface area contributed by atoms with E-state index in [1.807, 2.05) is 0 Å². The number of halogens is 4. The molecule has 0 bridgehead atoms. The number of rotatable bonds is 3. The molecule has 2 rings (SSSR count). The van der Waals surface area contributed by atoms with Gasteiger partial charge < -0.3 is 5.11 Å². The lowest BCUT2D eigenvalue weighted by Gasteiger charge is -2.17. The van der Waals surface area contributed by atoms with Crippen LogP contribution < -0.4 is 0 Å². The molecule has 0 saturated carbocycles. The molecule has 1 unspecified atom stereocenters. The van der Waals surface area contributed by atoms with Crippen molar-refractivity contribution < 1.29 is 18.3 Å². The Labute approximate surface area is 122 Å². The molecule has 106 valence electrons. The van der Waals surface area contributed by atoms with Gasteiger partial charge in [-0.25, -0.2) is 0 Å². The summed E-state index contributed by atoms with van der Waals surface area (Å²) in [6.45, 7) is 0. The van der Waals surface area contributed by atoms with Gasteiger partial charge in [0, 0.05) is 28.9 Å². The van der Waals surface area contributed by atoms with Gasteiger partial charge in [0.2, 0.25) is 0 Å². The minimum absolute atomic E-state index is 0.0796. The first kappa shape index (κ1) is 15.0. The van der Waals surface area contributed by atoms with Crippen LogP contribution in [0.15, 0.2) is 47.2 Å². The lowest BCUT2D eigenvalue weighted by Crippen LogP contribution is -2.14. The first-order chi connectivity index (χ1) is 9.39. The maximum atomic E-state index is 12.9. The number of aromatic nitrogens is 1. The molecule has 0 saturated heterocycles. The zero-order valence-electron chi connectivity index (χ0n) is 10.2. The van der Waals surface area contributed by atoms with Crippen molar-refractivity contribution in [2.24, 2.45) is 0 Å². The van der Waals surface area contributed by atoms with E-state index in [2.05, 4.69) is 20.9 Å². The second-order valence-corrected chi connectivity index (χ2v) is 5.13. The number of alkyl halides is 3. The first-order valence-electron chi connectivity index (χ1n) is 5.82. The molecule has 0 fully saturated rings. The highest BCUT2D eigenvalue weighted by Crippen LogP contribution is 2.35. The molecule has 2 nitrogen and oxygen atoms in total. The van der Waals surface area contributed by atoms with E-state index in [0.717, 1.165) is 28.5 Å². The van der Waals surface area contributed by atoms with Crippen LogP contribution in [0.2, 0.25) is 0 Å². The molecule has 6 heteroatoms. The second-order valence-electron chi connectivity index (χ2n) is 4.27. The number of hydrogen-bond donors (Lipinski definition) is 1. The zero-order valence-corrected chi connectivity index (χ0v) is 11.8. The molecule has 0 aliphatic rings. The van der Waals surface area contributed by atoms with Gasteiger partial charge in [-0.2, -0.15) is 13.2 Å². The van der Waals surface area contributed by atoms with Crippen molar-refractivity contribution in [3.8, 4) is 0 Å². The van der Waals surface area contributed by atoms with E-state index in [1.165, 1.54) is 0 Å². The third-order valence-corrected chi connectivity index (χ3v) is 3.66. The maximum Gasteiger partial charge on any atom is 0.416 e. The highest BCUT2D eigenvalue weighted by molar-refractivity contribution is 9.10. The van der Waals surface area contributed by atoms with Crippen molar-refractivity contribution in [2.45, 2.75) is 18.7 Å². The van der Waals surface area contributed by atoms with Crippen LogP contribution in [-0.2, 0) is 12.6 Å². The van der Waals surface area contributed by atoms with Gasteiger partial charge >= 0.3 is 6.18 Å². The molecule has 1 N–H and O–H groups in total. The number of hydrogen-bond acceptors (Lipinski definition) is 2. The van der Waals surface area contributed by atoms with E-state index >= 15 is 0 Å². The smallest absolute Gasteiger partial charge is 0.388 e. The van der Waals surface area contributed by atoms with E-state index < -0.39 is 17.8 Å². The Balaban J connectivity index is 2.31. The van der Waals surface area contributed by atoms with Crippen LogP contribution in [0.3, 0.4) is 0 Å². The van der Waals surface area contributed by atoms with Gasteiger partial charge in [0.1, 0.15) is 0 Å². The molecule has 0 amide bonds. The monoisotopic (exact) mass is 345 g/mol. The van der Waals surface area contributed by atoms with Gasteiger partial charge in [-0.15, -0.1) is 0 Å². The summed E-state index contributed by atoms with van der Waals surface area (Å²) in [5, 5.41) is 10.1. The van der Waals surface area contributed by atoms with Crippen molar-refractivity contribution in [1.29, 1.82) is 0 Å². The number of pyridine rings is 1. The predicted molar refractivity (Wildman–Crippen MR) is 72.0 cm³/mol. The minimum atomic E-state index is -4.51. The average molecular weight is 346 g/mol. The predicted octanol–water partition coefficient (Wildman–Crippen LogP) is 4.14. The summed E-state index contributed by atoms with van der Waals surface area (Å²) in [6, 6.07) is 7.96. The Morgan fingerprint density at radius 2 is 1.90 bits per heavy atom. The molecule has 1 atom stereocenters. The lowest BCUT2D eigenvalue weighted by atomic mass is 9.98. The summed E-state index contributed by atoms with van der Waals surface area (Å²) in [7, 11) is 0. The topological polar surface area (TPSA) is 33.1 Å². The van der Waals surface area contributed by atoms with Crippen molar-refractivity contribution in [3.63, 3.8) is 0 Å². The normalized spacial score (nSPS) is 13.2. The third kappa shape index (κ3) is 3.37. The summed E-state index contributed by atoms with van der Waals surface area (Å²) in [5.41, 5.74) is -0.334. The Hall–Kier alpha value is -1.40. The Morgan fingerprint density at radius 3 is 2.55 bits per heavy atom. The molecule has 0 spiro atoms. The van der Waals surface area contributed by atoms with Crippen LogP contribution in [-0.4, -0.2) is 10.1 Å². The van der Waals surface area contributed by atoms with E-state index in [1.54, 1.807) is 24.3 Å². The van der Waals surface area contributed by atoms with Crippen molar-refractivity contribution in [3.05, 3.63) is 63.9 Å². The summed E-state index contributed by atoms with van der Waals surface area (Å²) in [6.07, 6.45) is -3.57. The van der Waals surface area contributed by atoms with Crippen molar-refractivity contribution in [2.75, 3.05) is 0 Å². The molecular formula is C14H11BrF3NO.